The van der Waals surface area contributed by atoms with Crippen LogP contribution in [-0.2, 0) is 0 Å². The summed E-state index contributed by atoms with van der Waals surface area (Å²) < 4.78 is 7.40. The molecule has 0 atom stereocenters. The van der Waals surface area contributed by atoms with Crippen LogP contribution >= 0.6 is 0 Å². The Balaban J connectivity index is 4.10. The van der Waals surface area contributed by atoms with Gasteiger partial charge in [-0.25, -0.2) is 0 Å². The molecule has 0 aliphatic carbocycles. The van der Waals surface area contributed by atoms with Gasteiger partial charge in [-0.2, -0.15) is 0 Å². The van der Waals surface area contributed by atoms with Gasteiger partial charge in [-0.05, 0) is 0 Å². The maximum atomic E-state index is 2.47. The molecule has 0 nitrogen and oxygen atoms in total. The van der Waals surface area contributed by atoms with E-state index < -0.39 is 21.8 Å². The standard InChI is InChI=1S/3C4H7.Bi/c3*1-3-4-2;/h3*1,3H,4H2,2H3;. The first-order chi connectivity index (χ1) is 6.35. The van der Waals surface area contributed by atoms with Crippen LogP contribution in [0.25, 0.3) is 0 Å². The first-order valence-electron chi connectivity index (χ1n) is 5.12. The van der Waals surface area contributed by atoms with E-state index in [0.717, 1.165) is 0 Å². The van der Waals surface area contributed by atoms with E-state index in [4.69, 9.17) is 0 Å². The summed E-state index contributed by atoms with van der Waals surface area (Å²) in [5, 5.41) is 0. The van der Waals surface area contributed by atoms with Gasteiger partial charge in [0.15, 0.2) is 0 Å². The molecule has 1 heteroatoms. The first-order valence-corrected chi connectivity index (χ1v) is 11.1. The Hall–Kier alpha value is 0.103. The summed E-state index contributed by atoms with van der Waals surface area (Å²) in [5.41, 5.74) is 0. The molecule has 0 radical (unpaired) electrons. The normalized spacial score (nSPS) is 12.9. The van der Waals surface area contributed by atoms with Crippen LogP contribution in [0, 0.1) is 0 Å². The van der Waals surface area contributed by atoms with Crippen molar-refractivity contribution in [3.8, 4) is 0 Å². The van der Waals surface area contributed by atoms with Crippen molar-refractivity contribution in [2.75, 3.05) is 0 Å². The Morgan fingerprint density at radius 3 is 1.23 bits per heavy atom. The molecule has 0 rings (SSSR count). The van der Waals surface area contributed by atoms with E-state index in [0.29, 0.717) is 0 Å². The Kier molecular flexibility index (Phi) is 10.3. The molecular weight excluding hydrogens is 353 g/mol. The molecule has 0 heterocycles. The van der Waals surface area contributed by atoms with Crippen molar-refractivity contribution in [3.63, 3.8) is 0 Å². The van der Waals surface area contributed by atoms with Crippen molar-refractivity contribution in [2.45, 2.75) is 40.0 Å². The van der Waals surface area contributed by atoms with Crippen LogP contribution in [0.1, 0.15) is 40.0 Å². The van der Waals surface area contributed by atoms with E-state index in [2.05, 4.69) is 50.4 Å². The van der Waals surface area contributed by atoms with Crippen LogP contribution in [0.2, 0.25) is 0 Å². The fourth-order valence-electron chi connectivity index (χ4n) is 0.830. The number of hydrogen-bond acceptors (Lipinski definition) is 0. The van der Waals surface area contributed by atoms with Gasteiger partial charge in [0, 0.05) is 0 Å². The second-order valence-corrected chi connectivity index (χ2v) is 9.78. The van der Waals surface area contributed by atoms with Crippen LogP contribution < -0.4 is 0 Å². The summed E-state index contributed by atoms with van der Waals surface area (Å²) in [4.78, 5) is 0. The number of allylic oxidation sites excluding steroid dienone is 3. The van der Waals surface area contributed by atoms with Crippen LogP contribution in [0.4, 0.5) is 0 Å². The SMILES string of the molecule is CCC=[CH][Bi]([CH]=CCC)[CH]=CCC. The van der Waals surface area contributed by atoms with Gasteiger partial charge in [-0.1, -0.05) is 0 Å². The molecule has 0 amide bonds. The predicted octanol–water partition coefficient (Wildman–Crippen LogP) is 4.00. The topological polar surface area (TPSA) is 0 Å². The average Bonchev–Trinajstić information content (AvgIpc) is 2.17. The summed E-state index contributed by atoms with van der Waals surface area (Å²) in [6.45, 7) is 6.60. The average molecular weight is 374 g/mol. The van der Waals surface area contributed by atoms with Crippen molar-refractivity contribution in [1.82, 2.24) is 0 Å². The number of hydrogen-bond donors (Lipinski definition) is 0. The third-order valence-corrected chi connectivity index (χ3v) is 8.01. The molecule has 0 aliphatic rings. The van der Waals surface area contributed by atoms with Crippen LogP contribution in [-0.4, -0.2) is 21.8 Å². The molecule has 13 heavy (non-hydrogen) atoms. The molecule has 0 aromatic rings. The molecule has 74 valence electrons. The molecule has 0 unspecified atom stereocenters. The molecule has 0 aromatic carbocycles. The second kappa shape index (κ2) is 10.2. The molecule has 0 fully saturated rings. The van der Waals surface area contributed by atoms with E-state index in [1.807, 2.05) is 0 Å². The van der Waals surface area contributed by atoms with Gasteiger partial charge in [0.25, 0.3) is 0 Å². The van der Waals surface area contributed by atoms with Crippen molar-refractivity contribution >= 4 is 21.8 Å². The van der Waals surface area contributed by atoms with E-state index in [1.54, 1.807) is 0 Å². The van der Waals surface area contributed by atoms with Crippen LogP contribution in [0.15, 0.2) is 29.6 Å². The van der Waals surface area contributed by atoms with Crippen molar-refractivity contribution in [1.29, 1.82) is 0 Å². The van der Waals surface area contributed by atoms with Gasteiger partial charge in [-0.3, -0.25) is 0 Å². The first kappa shape index (κ1) is 13.1. The van der Waals surface area contributed by atoms with Gasteiger partial charge < -0.3 is 0 Å². The summed E-state index contributed by atoms with van der Waals surface area (Å²) in [6.07, 6.45) is 10.5. The van der Waals surface area contributed by atoms with Crippen molar-refractivity contribution in [2.24, 2.45) is 0 Å². The Bertz CT molecular complexity index is 144. The fraction of sp³-hybridized carbons (Fsp3) is 0.500. The zero-order valence-electron chi connectivity index (χ0n) is 9.03. The molecule has 0 aromatic heterocycles. The van der Waals surface area contributed by atoms with E-state index >= 15 is 0 Å². The van der Waals surface area contributed by atoms with Crippen molar-refractivity contribution in [3.05, 3.63) is 29.6 Å². The van der Waals surface area contributed by atoms with Gasteiger partial charge in [0.1, 0.15) is 0 Å². The van der Waals surface area contributed by atoms with Crippen LogP contribution in [0.5, 0.6) is 0 Å². The monoisotopic (exact) mass is 374 g/mol. The molecule has 0 bridgehead atoms. The van der Waals surface area contributed by atoms with Gasteiger partial charge in [0.2, 0.25) is 0 Å². The fourth-order valence-corrected chi connectivity index (χ4v) is 7.29. The van der Waals surface area contributed by atoms with E-state index in [9.17, 15) is 0 Å². The zero-order valence-corrected chi connectivity index (χ0v) is 12.5. The molecule has 0 spiro atoms. The molecular formula is C12H21Bi. The summed E-state index contributed by atoms with van der Waals surface area (Å²) >= 11 is -1.45. The molecule has 0 saturated carbocycles. The third kappa shape index (κ3) is 8.43. The van der Waals surface area contributed by atoms with Gasteiger partial charge in [0.05, 0.1) is 0 Å². The predicted molar refractivity (Wildman–Crippen MR) is 64.0 cm³/mol. The maximum absolute atomic E-state index is 2.47. The summed E-state index contributed by atoms with van der Waals surface area (Å²) in [7, 11) is 0. The molecule has 0 saturated heterocycles. The van der Waals surface area contributed by atoms with Gasteiger partial charge >= 0.3 is 91.4 Å². The quantitative estimate of drug-likeness (QED) is 0.617. The third-order valence-electron chi connectivity index (χ3n) is 1.54. The Morgan fingerprint density at radius 2 is 1.00 bits per heavy atom. The summed E-state index contributed by atoms with van der Waals surface area (Å²) in [6, 6.07) is 0. The van der Waals surface area contributed by atoms with E-state index in [1.165, 1.54) is 19.3 Å². The zero-order chi connectivity index (χ0) is 9.94. The molecule has 0 aliphatic heterocycles. The Morgan fingerprint density at radius 1 is 0.692 bits per heavy atom. The number of rotatable bonds is 6. The van der Waals surface area contributed by atoms with Crippen LogP contribution in [0.3, 0.4) is 0 Å². The minimum absolute atomic E-state index is 1.17. The minimum atomic E-state index is -1.45. The Labute approximate surface area is 91.1 Å². The van der Waals surface area contributed by atoms with E-state index in [-0.39, 0.29) is 0 Å². The van der Waals surface area contributed by atoms with Crippen molar-refractivity contribution < 1.29 is 0 Å². The second-order valence-electron chi connectivity index (χ2n) is 2.83. The van der Waals surface area contributed by atoms with Gasteiger partial charge in [-0.15, -0.1) is 0 Å². The molecule has 0 N–H and O–H groups in total. The summed E-state index contributed by atoms with van der Waals surface area (Å²) in [5.74, 6) is 0.